The van der Waals surface area contributed by atoms with Gasteiger partial charge in [0.2, 0.25) is 5.95 Å². The van der Waals surface area contributed by atoms with Crippen LogP contribution in [0.15, 0.2) is 42.7 Å². The summed E-state index contributed by atoms with van der Waals surface area (Å²) < 4.78 is 64.1. The van der Waals surface area contributed by atoms with Gasteiger partial charge in [0.1, 0.15) is 10.7 Å². The molecule has 0 amide bonds. The summed E-state index contributed by atoms with van der Waals surface area (Å²) in [5.74, 6) is -0.238. The first kappa shape index (κ1) is 20.1. The molecule has 0 spiro atoms. The third-order valence-corrected chi connectivity index (χ3v) is 4.99. The van der Waals surface area contributed by atoms with Crippen LogP contribution in [0.2, 0.25) is 0 Å². The quantitative estimate of drug-likeness (QED) is 0.583. The average Bonchev–Trinajstić information content (AvgIpc) is 3.12. The molecule has 1 aromatic carbocycles. The van der Waals surface area contributed by atoms with E-state index in [1.165, 1.54) is 6.20 Å². The zero-order chi connectivity index (χ0) is 20.5. The number of hydrogen-bond donors (Lipinski definition) is 2. The van der Waals surface area contributed by atoms with Gasteiger partial charge in [0.05, 0.1) is 4.88 Å². The third-order valence-electron chi connectivity index (χ3n) is 3.71. The normalized spacial score (nSPS) is 14.1. The molecule has 1 unspecified atom stereocenters. The molecule has 2 heterocycles. The number of hydrogen-bond acceptors (Lipinski definition) is 6. The van der Waals surface area contributed by atoms with Gasteiger partial charge in [-0.05, 0) is 30.7 Å². The molecule has 0 bridgehead atoms. The molecule has 2 aromatic heterocycles. The number of nitrogens with one attached hydrogen (secondary N) is 1. The van der Waals surface area contributed by atoms with E-state index >= 15 is 0 Å². The van der Waals surface area contributed by atoms with Gasteiger partial charge in [-0.3, -0.25) is 0 Å². The van der Waals surface area contributed by atoms with Crippen molar-refractivity contribution < 1.29 is 27.1 Å². The highest BCUT2D eigenvalue weighted by Crippen LogP contribution is 2.36. The van der Waals surface area contributed by atoms with Crippen molar-refractivity contribution in [2.24, 2.45) is 0 Å². The molecule has 3 aromatic rings. The number of thiazole rings is 1. The van der Waals surface area contributed by atoms with Crippen LogP contribution in [0.25, 0.3) is 10.4 Å². The van der Waals surface area contributed by atoms with E-state index < -0.39 is 23.9 Å². The van der Waals surface area contributed by atoms with Gasteiger partial charge in [-0.2, -0.15) is 13.2 Å². The van der Waals surface area contributed by atoms with E-state index in [9.17, 15) is 27.1 Å². The zero-order valence-electron chi connectivity index (χ0n) is 14.2. The van der Waals surface area contributed by atoms with E-state index in [4.69, 9.17) is 0 Å². The largest absolute Gasteiger partial charge is 0.433 e. The van der Waals surface area contributed by atoms with E-state index in [1.807, 2.05) is 0 Å². The van der Waals surface area contributed by atoms with Crippen molar-refractivity contribution in [1.29, 1.82) is 0 Å². The molecular formula is C17H13F5N4OS. The van der Waals surface area contributed by atoms with Gasteiger partial charge in [-0.25, -0.2) is 23.7 Å². The second kappa shape index (κ2) is 7.40. The monoisotopic (exact) mass is 416 g/mol. The number of nitrogens with zero attached hydrogens (tertiary/aromatic N) is 3. The molecule has 2 N–H and O–H groups in total. The first-order valence-electron chi connectivity index (χ1n) is 7.82. The predicted molar refractivity (Wildman–Crippen MR) is 93.4 cm³/mol. The predicted octanol–water partition coefficient (Wildman–Crippen LogP) is 4.84. The maximum atomic E-state index is 12.9. The van der Waals surface area contributed by atoms with Gasteiger partial charge >= 0.3 is 6.18 Å². The Balaban J connectivity index is 1.85. The Labute approximate surface area is 159 Å². The fraction of sp³-hybridized carbons (Fsp3) is 0.235. The fourth-order valence-electron chi connectivity index (χ4n) is 2.19. The van der Waals surface area contributed by atoms with Crippen LogP contribution >= 0.6 is 11.3 Å². The van der Waals surface area contributed by atoms with E-state index in [0.717, 1.165) is 30.5 Å². The summed E-state index contributed by atoms with van der Waals surface area (Å²) in [4.78, 5) is 11.5. The van der Waals surface area contributed by atoms with Crippen LogP contribution in [0.5, 0.6) is 0 Å². The molecule has 11 heteroatoms. The van der Waals surface area contributed by atoms with Gasteiger partial charge in [0.25, 0.3) is 6.43 Å². The van der Waals surface area contributed by atoms with Crippen molar-refractivity contribution in [2.75, 3.05) is 5.32 Å². The van der Waals surface area contributed by atoms with Crippen LogP contribution in [0.4, 0.5) is 33.6 Å². The number of benzene rings is 1. The maximum absolute atomic E-state index is 12.9. The second-order valence-corrected chi connectivity index (χ2v) is 6.98. The molecule has 3 rings (SSSR count). The highest BCUT2D eigenvalue weighted by molar-refractivity contribution is 7.15. The Hall–Kier alpha value is -2.66. The maximum Gasteiger partial charge on any atom is 0.433 e. The Morgan fingerprint density at radius 1 is 1.14 bits per heavy atom. The van der Waals surface area contributed by atoms with Crippen molar-refractivity contribution >= 4 is 23.0 Å². The van der Waals surface area contributed by atoms with Crippen LogP contribution in [0, 0.1) is 0 Å². The molecule has 0 saturated carbocycles. The molecule has 28 heavy (non-hydrogen) atoms. The first-order chi connectivity index (χ1) is 13.1. The third kappa shape index (κ3) is 4.25. The Morgan fingerprint density at radius 3 is 2.57 bits per heavy atom. The summed E-state index contributed by atoms with van der Waals surface area (Å²) in [6, 6.07) is 7.22. The highest BCUT2D eigenvalue weighted by atomic mass is 32.1. The lowest BCUT2D eigenvalue weighted by Crippen LogP contribution is -2.30. The molecule has 0 aliphatic carbocycles. The lowest BCUT2D eigenvalue weighted by Gasteiger charge is -2.18. The van der Waals surface area contributed by atoms with Gasteiger partial charge < -0.3 is 10.4 Å². The van der Waals surface area contributed by atoms with E-state index in [1.54, 1.807) is 24.3 Å². The van der Waals surface area contributed by atoms with Crippen molar-refractivity contribution in [3.8, 4) is 10.4 Å². The average molecular weight is 416 g/mol. The first-order valence-corrected chi connectivity index (χ1v) is 8.63. The molecule has 1 atom stereocenters. The van der Waals surface area contributed by atoms with Gasteiger partial charge in [0, 0.05) is 18.1 Å². The van der Waals surface area contributed by atoms with Crippen LogP contribution in [-0.2, 0) is 11.8 Å². The second-order valence-electron chi connectivity index (χ2n) is 5.95. The van der Waals surface area contributed by atoms with Crippen LogP contribution < -0.4 is 5.32 Å². The van der Waals surface area contributed by atoms with Gasteiger partial charge in [-0.1, -0.05) is 12.1 Å². The van der Waals surface area contributed by atoms with Crippen molar-refractivity contribution in [3.63, 3.8) is 0 Å². The smallest absolute Gasteiger partial charge is 0.377 e. The summed E-state index contributed by atoms with van der Waals surface area (Å²) >= 11 is 0.893. The Bertz CT molecular complexity index is 974. The Morgan fingerprint density at radius 2 is 1.89 bits per heavy atom. The molecule has 0 aliphatic rings. The topological polar surface area (TPSA) is 70.9 Å². The minimum atomic E-state index is -4.60. The summed E-state index contributed by atoms with van der Waals surface area (Å²) in [5.41, 5.74) is -2.48. The van der Waals surface area contributed by atoms with Gasteiger partial charge in [-0.15, -0.1) is 11.3 Å². The molecule has 5 nitrogen and oxygen atoms in total. The van der Waals surface area contributed by atoms with Crippen molar-refractivity contribution in [2.45, 2.75) is 25.1 Å². The molecule has 148 valence electrons. The lowest BCUT2D eigenvalue weighted by molar-refractivity contribution is -0.141. The summed E-state index contributed by atoms with van der Waals surface area (Å²) in [6.07, 6.45) is -5.26. The zero-order valence-corrected chi connectivity index (χ0v) is 15.0. The lowest BCUT2D eigenvalue weighted by atomic mass is 10.1. The number of aliphatic hydroxyl groups is 1. The molecule has 0 fully saturated rings. The van der Waals surface area contributed by atoms with E-state index in [-0.39, 0.29) is 11.0 Å². The van der Waals surface area contributed by atoms with Crippen LogP contribution in [0.3, 0.4) is 0 Å². The van der Waals surface area contributed by atoms with E-state index in [0.29, 0.717) is 16.1 Å². The molecular weight excluding hydrogens is 403 g/mol. The van der Waals surface area contributed by atoms with Crippen LogP contribution in [-0.4, -0.2) is 26.5 Å². The fourth-order valence-corrected chi connectivity index (χ4v) is 3.15. The minimum Gasteiger partial charge on any atom is -0.377 e. The highest BCUT2D eigenvalue weighted by Gasteiger charge is 2.37. The molecule has 0 saturated heterocycles. The summed E-state index contributed by atoms with van der Waals surface area (Å²) in [7, 11) is 0. The number of halogens is 5. The standard InChI is InChI=1S/C17H13F5N4OS/c1-16(27,13(18)19)14-24-8-11(28-14)9-3-2-4-10(7-9)25-15-23-6-5-12(26-15)17(20,21)22/h2-8,13,27H,1H3,(H,23,25,26). The SMILES string of the molecule is CC(O)(c1ncc(-c2cccc(Nc3nccc(C(F)(F)F)n3)c2)s1)C(F)F. The summed E-state index contributed by atoms with van der Waals surface area (Å²) in [5, 5.41) is 12.4. The summed E-state index contributed by atoms with van der Waals surface area (Å²) in [6.45, 7) is 0.975. The molecule has 0 aliphatic heterocycles. The van der Waals surface area contributed by atoms with Crippen molar-refractivity contribution in [1.82, 2.24) is 15.0 Å². The number of alkyl halides is 5. The minimum absolute atomic E-state index is 0.142. The molecule has 0 radical (unpaired) electrons. The Kier molecular flexibility index (Phi) is 5.31. The van der Waals surface area contributed by atoms with E-state index in [2.05, 4.69) is 20.3 Å². The van der Waals surface area contributed by atoms with Crippen molar-refractivity contribution in [3.05, 3.63) is 53.4 Å². The number of aromatic nitrogens is 3. The van der Waals surface area contributed by atoms with Crippen LogP contribution in [0.1, 0.15) is 17.6 Å². The number of anilines is 2. The van der Waals surface area contributed by atoms with Gasteiger partial charge in [0.15, 0.2) is 5.60 Å². The number of rotatable bonds is 5.